The molecule has 0 saturated heterocycles. The number of ether oxygens (including phenoxy) is 4. The normalized spacial score (nSPS) is 10.2. The summed E-state index contributed by atoms with van der Waals surface area (Å²) >= 11 is 0. The molecule has 0 spiro atoms. The molecular weight excluding hydrogens is 699 g/mol. The van der Waals surface area contributed by atoms with Crippen LogP contribution in [0.3, 0.4) is 0 Å². The first-order valence-corrected chi connectivity index (χ1v) is 18.1. The van der Waals surface area contributed by atoms with Crippen LogP contribution in [-0.4, -0.2) is 45.0 Å². The van der Waals surface area contributed by atoms with Crippen molar-refractivity contribution in [1.82, 2.24) is 0 Å². The quantitative estimate of drug-likeness (QED) is 0.0915. The van der Waals surface area contributed by atoms with E-state index in [1.165, 1.54) is 0 Å². The van der Waals surface area contributed by atoms with E-state index in [4.69, 9.17) is 31.9 Å². The van der Waals surface area contributed by atoms with Crippen molar-refractivity contribution in [3.8, 4) is 34.5 Å². The van der Waals surface area contributed by atoms with Crippen LogP contribution >= 0.6 is 0 Å². The minimum Gasteiger partial charge on any atom is -0.748 e. The third kappa shape index (κ3) is 14.1. The first-order chi connectivity index (χ1) is 25.3. The number of methoxy groups -OCH3 is 2. The van der Waals surface area contributed by atoms with Gasteiger partial charge in [-0.2, -0.15) is 0 Å². The molecule has 9 nitrogen and oxygen atoms in total. The summed E-state index contributed by atoms with van der Waals surface area (Å²) in [7, 11) is -0.667. The average molecular weight is 739 g/mol. The fourth-order valence-electron chi connectivity index (χ4n) is 4.65. The minimum atomic E-state index is -3.92. The summed E-state index contributed by atoms with van der Waals surface area (Å²) in [5.74, 6) is 4.36. The maximum atomic E-state index is 12.4. The first kappa shape index (κ1) is 42.8. The molecule has 0 fully saturated rings. The van der Waals surface area contributed by atoms with Gasteiger partial charge in [-0.1, -0.05) is 59.7 Å². The third-order valence-electron chi connectivity index (χ3n) is 7.45. The molecule has 272 valence electrons. The van der Waals surface area contributed by atoms with Crippen molar-refractivity contribution < 1.29 is 60.4 Å². The summed E-state index contributed by atoms with van der Waals surface area (Å²) in [6.45, 7) is 4.00. The fraction of sp³-hybridized carbons (Fsp3) is 0.116. The summed E-state index contributed by atoms with van der Waals surface area (Å²) in [4.78, 5) is 24.9. The van der Waals surface area contributed by atoms with E-state index >= 15 is 0 Å². The zero-order chi connectivity index (χ0) is 38.4. The number of rotatable bonds is 10. The van der Waals surface area contributed by atoms with Gasteiger partial charge < -0.3 is 23.5 Å². The Bertz CT molecular complexity index is 2030. The smallest absolute Gasteiger partial charge is 0.748 e. The minimum absolute atomic E-state index is 0. The number of hydrogen-bond donors (Lipinski definition) is 0. The predicted octanol–water partition coefficient (Wildman–Crippen LogP) is 6.22. The van der Waals surface area contributed by atoms with E-state index in [2.05, 4.69) is 0 Å². The Morgan fingerprint density at radius 1 is 0.426 bits per heavy atom. The van der Waals surface area contributed by atoms with Crippen LogP contribution in [0, 0.1) is 13.8 Å². The zero-order valence-corrected chi connectivity index (χ0v) is 31.8. The molecule has 0 heterocycles. The van der Waals surface area contributed by atoms with Gasteiger partial charge in [-0.15, -0.1) is 0 Å². The Morgan fingerprint density at radius 2 is 0.611 bits per heavy atom. The second-order valence-corrected chi connectivity index (χ2v) is 13.1. The van der Waals surface area contributed by atoms with Gasteiger partial charge in [-0.05, 0) is 111 Å². The van der Waals surface area contributed by atoms with Gasteiger partial charge in [0, 0.05) is 28.5 Å². The molecule has 0 bridgehead atoms. The molecule has 0 N–H and O–H groups in total. The summed E-state index contributed by atoms with van der Waals surface area (Å²) in [6, 6.07) is 44.1. The summed E-state index contributed by atoms with van der Waals surface area (Å²) in [5.41, 5.74) is 4.92. The van der Waals surface area contributed by atoms with Crippen LogP contribution in [0.25, 0.3) is 0 Å². The first-order valence-electron chi connectivity index (χ1n) is 16.3. The van der Waals surface area contributed by atoms with Gasteiger partial charge in [-0.25, -0.2) is 8.42 Å². The maximum Gasteiger partial charge on any atom is 1.00 e. The molecule has 0 aliphatic rings. The molecule has 6 aromatic carbocycles. The molecule has 0 unspecified atom stereocenters. The van der Waals surface area contributed by atoms with Gasteiger partial charge >= 0.3 is 18.9 Å². The molecule has 0 aliphatic heterocycles. The van der Waals surface area contributed by atoms with Crippen molar-refractivity contribution in [3.05, 3.63) is 179 Å². The summed E-state index contributed by atoms with van der Waals surface area (Å²) < 4.78 is 49.0. The molecule has 0 atom stereocenters. The standard InChI is InChI=1S/2C21H18O3.CH4O3S.Li/c2*1-15-3-5-16(6-4-15)21(22)17-7-9-19(10-8-17)24-20-13-11-18(23-2)12-14-20;1-5(2,3)4;/h2*3-14H,1-2H3;1H3,(H,2,3,4);/q;;;+1/p-1. The van der Waals surface area contributed by atoms with Gasteiger partial charge in [-0.3, -0.25) is 9.59 Å². The van der Waals surface area contributed by atoms with Crippen LogP contribution in [0.1, 0.15) is 43.0 Å². The number of aryl methyl sites for hydroxylation is 2. The van der Waals surface area contributed by atoms with Crippen molar-refractivity contribution in [1.29, 1.82) is 0 Å². The predicted molar refractivity (Wildman–Crippen MR) is 204 cm³/mol. The number of carbonyl (C=O) groups excluding carboxylic acids is 2. The molecule has 0 aliphatic carbocycles. The Labute approximate surface area is 328 Å². The Morgan fingerprint density at radius 3 is 0.833 bits per heavy atom. The number of benzene rings is 6. The van der Waals surface area contributed by atoms with Crippen LogP contribution in [-0.2, 0) is 10.1 Å². The van der Waals surface area contributed by atoms with Crippen molar-refractivity contribution in [2.24, 2.45) is 0 Å². The largest absolute Gasteiger partial charge is 1.00 e. The van der Waals surface area contributed by atoms with E-state index in [0.717, 1.165) is 22.6 Å². The molecule has 6 rings (SSSR count). The van der Waals surface area contributed by atoms with Crippen molar-refractivity contribution in [2.75, 3.05) is 20.5 Å². The third-order valence-corrected chi connectivity index (χ3v) is 7.45. The van der Waals surface area contributed by atoms with Gasteiger partial charge in [0.2, 0.25) is 0 Å². The molecule has 0 amide bonds. The Hall–Kier alpha value is -5.63. The number of hydrogen-bond acceptors (Lipinski definition) is 9. The van der Waals surface area contributed by atoms with Crippen molar-refractivity contribution >= 4 is 21.7 Å². The summed E-state index contributed by atoms with van der Waals surface area (Å²) in [5, 5.41) is 0. The van der Waals surface area contributed by atoms with Crippen molar-refractivity contribution in [3.63, 3.8) is 0 Å². The van der Waals surface area contributed by atoms with E-state index in [0.29, 0.717) is 51.5 Å². The van der Waals surface area contributed by atoms with E-state index < -0.39 is 10.1 Å². The van der Waals surface area contributed by atoms with E-state index in [-0.39, 0.29) is 30.4 Å². The second-order valence-electron chi connectivity index (χ2n) is 11.7. The van der Waals surface area contributed by atoms with Crippen molar-refractivity contribution in [2.45, 2.75) is 13.8 Å². The molecule has 54 heavy (non-hydrogen) atoms. The van der Waals surface area contributed by atoms with Crippen LogP contribution in [0.2, 0.25) is 0 Å². The average Bonchev–Trinajstić information content (AvgIpc) is 3.16. The molecule has 0 radical (unpaired) electrons. The van der Waals surface area contributed by atoms with Gasteiger partial charge in [0.05, 0.1) is 24.3 Å². The van der Waals surface area contributed by atoms with Crippen LogP contribution in [0.4, 0.5) is 0 Å². The number of ketones is 2. The Balaban J connectivity index is 0.000000254. The van der Waals surface area contributed by atoms with Gasteiger partial charge in [0.15, 0.2) is 11.6 Å². The topological polar surface area (TPSA) is 128 Å². The Kier molecular flexibility index (Phi) is 16.3. The number of carbonyl (C=O) groups is 2. The van der Waals surface area contributed by atoms with Crippen LogP contribution < -0.4 is 37.8 Å². The fourth-order valence-corrected chi connectivity index (χ4v) is 4.65. The maximum absolute atomic E-state index is 12.4. The van der Waals surface area contributed by atoms with Crippen LogP contribution in [0.15, 0.2) is 146 Å². The molecule has 0 saturated carbocycles. The summed E-state index contributed by atoms with van der Waals surface area (Å²) in [6.07, 6.45) is 0.604. The molecular formula is C43H39LiO9S. The molecule has 11 heteroatoms. The second kappa shape index (κ2) is 20.6. The van der Waals surface area contributed by atoms with Crippen LogP contribution in [0.5, 0.6) is 34.5 Å². The van der Waals surface area contributed by atoms with E-state index in [1.807, 2.05) is 111 Å². The SMILES string of the molecule is COc1ccc(Oc2ccc(C(=O)c3ccc(C)cc3)cc2)cc1.COc1ccc(Oc2ccc(C(=O)c3ccc(C)cc3)cc2)cc1.CS(=O)(=O)[O-].[Li+]. The zero-order valence-electron chi connectivity index (χ0n) is 30.9. The van der Waals surface area contributed by atoms with Gasteiger partial charge in [0.1, 0.15) is 34.5 Å². The van der Waals surface area contributed by atoms with Gasteiger partial charge in [0.25, 0.3) is 0 Å². The molecule has 0 aromatic heterocycles. The monoisotopic (exact) mass is 738 g/mol. The molecule has 6 aromatic rings. The van der Waals surface area contributed by atoms with E-state index in [9.17, 15) is 9.59 Å². The van der Waals surface area contributed by atoms with E-state index in [1.54, 1.807) is 62.8 Å².